The molecule has 0 spiro atoms. The van der Waals surface area contributed by atoms with Gasteiger partial charge in [-0.25, -0.2) is 0 Å². The second-order valence-electron chi connectivity index (χ2n) is 5.83. The molecule has 5 heteroatoms. The van der Waals surface area contributed by atoms with Gasteiger partial charge in [0.2, 0.25) is 0 Å². The Balaban J connectivity index is 1.53. The molecule has 2 heterocycles. The summed E-state index contributed by atoms with van der Waals surface area (Å²) in [4.78, 5) is 15.1. The van der Waals surface area contributed by atoms with Gasteiger partial charge in [0.15, 0.2) is 0 Å². The van der Waals surface area contributed by atoms with Crippen molar-refractivity contribution in [2.75, 3.05) is 19.6 Å². The fourth-order valence-corrected chi connectivity index (χ4v) is 3.47. The van der Waals surface area contributed by atoms with Gasteiger partial charge in [-0.3, -0.25) is 9.69 Å². The summed E-state index contributed by atoms with van der Waals surface area (Å²) < 4.78 is 0. The summed E-state index contributed by atoms with van der Waals surface area (Å²) >= 11 is 1.46. The van der Waals surface area contributed by atoms with Crippen molar-refractivity contribution in [3.8, 4) is 6.07 Å². The first-order valence-electron chi connectivity index (χ1n) is 7.95. The van der Waals surface area contributed by atoms with Crippen LogP contribution in [0.15, 0.2) is 53.4 Å². The van der Waals surface area contributed by atoms with Gasteiger partial charge < -0.3 is 5.32 Å². The Kier molecular flexibility index (Phi) is 5.42. The van der Waals surface area contributed by atoms with Gasteiger partial charge in [-0.15, -0.1) is 11.3 Å². The molecule has 1 aliphatic rings. The van der Waals surface area contributed by atoms with E-state index in [0.717, 1.165) is 36.5 Å². The number of amides is 1. The maximum atomic E-state index is 12.0. The molecule has 1 N–H and O–H groups in total. The Morgan fingerprint density at radius 2 is 2.25 bits per heavy atom. The van der Waals surface area contributed by atoms with Crippen molar-refractivity contribution in [1.29, 1.82) is 5.26 Å². The number of carbonyl (C=O) groups is 1. The van der Waals surface area contributed by atoms with Gasteiger partial charge in [-0.2, -0.15) is 5.26 Å². The molecule has 0 radical (unpaired) electrons. The Morgan fingerprint density at radius 1 is 1.33 bits per heavy atom. The number of benzene rings is 1. The fourth-order valence-electron chi connectivity index (χ4n) is 2.83. The van der Waals surface area contributed by atoms with Crippen molar-refractivity contribution < 1.29 is 4.79 Å². The first-order valence-corrected chi connectivity index (χ1v) is 8.83. The number of hydrogen-bond acceptors (Lipinski definition) is 4. The molecule has 1 aliphatic heterocycles. The van der Waals surface area contributed by atoms with Crippen molar-refractivity contribution in [2.45, 2.75) is 13.0 Å². The number of nitrogens with one attached hydrogen (secondary N) is 1. The van der Waals surface area contributed by atoms with E-state index in [1.807, 2.05) is 35.7 Å². The van der Waals surface area contributed by atoms with Crippen LogP contribution in [0.5, 0.6) is 0 Å². The molecule has 0 fully saturated rings. The Morgan fingerprint density at radius 3 is 3.04 bits per heavy atom. The minimum Gasteiger partial charge on any atom is -0.348 e. The zero-order valence-electron chi connectivity index (χ0n) is 13.4. The molecule has 0 atom stereocenters. The van der Waals surface area contributed by atoms with Crippen LogP contribution in [0.25, 0.3) is 0 Å². The molecular formula is C19H19N3OS. The predicted molar refractivity (Wildman–Crippen MR) is 95.8 cm³/mol. The molecule has 3 rings (SSSR count). The van der Waals surface area contributed by atoms with Crippen LogP contribution in [0.4, 0.5) is 0 Å². The summed E-state index contributed by atoms with van der Waals surface area (Å²) in [5.41, 5.74) is 3.09. The van der Waals surface area contributed by atoms with Gasteiger partial charge in [-0.1, -0.05) is 24.3 Å². The van der Waals surface area contributed by atoms with Gasteiger partial charge in [-0.05, 0) is 41.1 Å². The number of nitriles is 1. The number of hydrogen-bond donors (Lipinski definition) is 1. The van der Waals surface area contributed by atoms with Gasteiger partial charge in [0.1, 0.15) is 0 Å². The highest BCUT2D eigenvalue weighted by Gasteiger charge is 2.14. The quantitative estimate of drug-likeness (QED) is 0.853. The van der Waals surface area contributed by atoms with Crippen LogP contribution in [-0.2, 0) is 6.54 Å². The van der Waals surface area contributed by atoms with Crippen LogP contribution in [0.2, 0.25) is 0 Å². The van der Waals surface area contributed by atoms with Crippen LogP contribution in [0.1, 0.15) is 27.2 Å². The van der Waals surface area contributed by atoms with E-state index in [0.29, 0.717) is 12.1 Å². The molecule has 122 valence electrons. The van der Waals surface area contributed by atoms with Crippen molar-refractivity contribution in [3.63, 3.8) is 0 Å². The molecule has 0 saturated carbocycles. The lowest BCUT2D eigenvalue weighted by molar-refractivity contribution is 0.0960. The Labute approximate surface area is 146 Å². The molecule has 24 heavy (non-hydrogen) atoms. The van der Waals surface area contributed by atoms with E-state index >= 15 is 0 Å². The zero-order chi connectivity index (χ0) is 16.8. The fraction of sp³-hybridized carbons (Fsp3) is 0.263. The summed E-state index contributed by atoms with van der Waals surface area (Å²) in [6.45, 7) is 3.26. The van der Waals surface area contributed by atoms with Crippen molar-refractivity contribution in [3.05, 3.63) is 69.4 Å². The highest BCUT2D eigenvalue weighted by atomic mass is 32.1. The van der Waals surface area contributed by atoms with Gasteiger partial charge in [0.05, 0.1) is 16.5 Å². The monoisotopic (exact) mass is 337 g/mol. The second-order valence-corrected chi connectivity index (χ2v) is 6.78. The van der Waals surface area contributed by atoms with E-state index in [4.69, 9.17) is 5.26 Å². The molecule has 0 bridgehead atoms. The molecule has 0 aliphatic carbocycles. The summed E-state index contributed by atoms with van der Waals surface area (Å²) in [6.07, 6.45) is 3.21. The summed E-state index contributed by atoms with van der Waals surface area (Å²) in [7, 11) is 0. The first kappa shape index (κ1) is 16.4. The molecule has 0 unspecified atom stereocenters. The number of rotatable bonds is 5. The summed E-state index contributed by atoms with van der Waals surface area (Å²) in [5, 5.41) is 13.9. The van der Waals surface area contributed by atoms with E-state index in [9.17, 15) is 4.79 Å². The third-order valence-electron chi connectivity index (χ3n) is 3.99. The van der Waals surface area contributed by atoms with E-state index < -0.39 is 0 Å². The Bertz CT molecular complexity index is 774. The number of thiophene rings is 1. The standard InChI is InChI=1S/C19H19N3OS/c20-11-15-4-1-5-16(10-15)13-22-8-2-6-17(14-22)12-21-19(23)18-7-3-9-24-18/h1,3-7,9-10H,2,8,12-14H2,(H,21,23). The molecular weight excluding hydrogens is 318 g/mol. The first-order chi connectivity index (χ1) is 11.7. The molecule has 1 aromatic carbocycles. The van der Waals surface area contributed by atoms with Crippen LogP contribution in [0, 0.1) is 11.3 Å². The maximum Gasteiger partial charge on any atom is 0.261 e. The lowest BCUT2D eigenvalue weighted by atomic mass is 10.1. The van der Waals surface area contributed by atoms with Crippen LogP contribution < -0.4 is 5.32 Å². The van der Waals surface area contributed by atoms with Gasteiger partial charge >= 0.3 is 0 Å². The topological polar surface area (TPSA) is 56.1 Å². The number of carbonyl (C=O) groups excluding carboxylic acids is 1. The third-order valence-corrected chi connectivity index (χ3v) is 4.86. The zero-order valence-corrected chi connectivity index (χ0v) is 14.2. The predicted octanol–water partition coefficient (Wildman–Crippen LogP) is 3.18. The lowest BCUT2D eigenvalue weighted by Crippen LogP contribution is -2.34. The van der Waals surface area contributed by atoms with E-state index in [1.54, 1.807) is 0 Å². The number of nitrogens with zero attached hydrogens (tertiary/aromatic N) is 2. The molecule has 1 aromatic heterocycles. The molecule has 2 aromatic rings. The molecule has 0 saturated heterocycles. The van der Waals surface area contributed by atoms with E-state index in [2.05, 4.69) is 28.4 Å². The van der Waals surface area contributed by atoms with Gasteiger partial charge in [0.25, 0.3) is 5.91 Å². The van der Waals surface area contributed by atoms with Crippen molar-refractivity contribution in [1.82, 2.24) is 10.2 Å². The normalized spacial score (nSPS) is 14.7. The maximum absolute atomic E-state index is 12.0. The second kappa shape index (κ2) is 7.91. The lowest BCUT2D eigenvalue weighted by Gasteiger charge is -2.27. The molecule has 4 nitrogen and oxygen atoms in total. The molecule has 1 amide bonds. The Hall–Kier alpha value is -2.42. The third kappa shape index (κ3) is 4.31. The van der Waals surface area contributed by atoms with Crippen molar-refractivity contribution >= 4 is 17.2 Å². The van der Waals surface area contributed by atoms with Crippen molar-refractivity contribution in [2.24, 2.45) is 0 Å². The largest absolute Gasteiger partial charge is 0.348 e. The van der Waals surface area contributed by atoms with E-state index in [1.165, 1.54) is 16.9 Å². The smallest absolute Gasteiger partial charge is 0.261 e. The highest BCUT2D eigenvalue weighted by Crippen LogP contribution is 2.14. The summed E-state index contributed by atoms with van der Waals surface area (Å²) in [5.74, 6) is -0.00950. The SMILES string of the molecule is N#Cc1cccc(CN2CCC=C(CNC(=O)c3cccs3)C2)c1. The van der Waals surface area contributed by atoms with Crippen LogP contribution in [0.3, 0.4) is 0 Å². The minimum atomic E-state index is -0.00950. The minimum absolute atomic E-state index is 0.00950. The van der Waals surface area contributed by atoms with E-state index in [-0.39, 0.29) is 5.91 Å². The average Bonchev–Trinajstić information content (AvgIpc) is 3.15. The van der Waals surface area contributed by atoms with Gasteiger partial charge in [0, 0.05) is 26.2 Å². The average molecular weight is 337 g/mol. The summed E-state index contributed by atoms with van der Waals surface area (Å²) in [6, 6.07) is 13.7. The van der Waals surface area contributed by atoms with Crippen LogP contribution in [-0.4, -0.2) is 30.4 Å². The highest BCUT2D eigenvalue weighted by molar-refractivity contribution is 7.12. The van der Waals surface area contributed by atoms with Crippen LogP contribution >= 0.6 is 11.3 Å².